The zero-order valence-electron chi connectivity index (χ0n) is 23.9. The van der Waals surface area contributed by atoms with Crippen LogP contribution in [0.1, 0.15) is 73.1 Å². The standard InChI is InChI=1S/C27H49N5O5/c1-18(2)21(17-32-16-10-12-20(32)24(35)28-14-13-22(33)34)31(7)26(37)23(27(3,4)5)29-25(36)19-11-8-9-15-30(19)6/h18-21,23H,8-17H2,1-7H3,(H,28,35)(H,29,36)(H,33,34)/t19?,20-,21+,23+/m0/s1. The molecule has 0 aromatic rings. The van der Waals surface area contributed by atoms with E-state index in [1.54, 1.807) is 11.9 Å². The van der Waals surface area contributed by atoms with Gasteiger partial charge < -0.3 is 20.6 Å². The highest BCUT2D eigenvalue weighted by Gasteiger charge is 2.40. The maximum atomic E-state index is 13.9. The van der Waals surface area contributed by atoms with Gasteiger partial charge in [0, 0.05) is 26.2 Å². The molecule has 10 nitrogen and oxygen atoms in total. The van der Waals surface area contributed by atoms with Crippen LogP contribution >= 0.6 is 0 Å². The van der Waals surface area contributed by atoms with E-state index in [2.05, 4.69) is 34.3 Å². The van der Waals surface area contributed by atoms with Crippen LogP contribution in [0.25, 0.3) is 0 Å². The molecule has 3 N–H and O–H groups in total. The van der Waals surface area contributed by atoms with E-state index in [1.165, 1.54) is 0 Å². The fraction of sp³-hybridized carbons (Fsp3) is 0.852. The molecule has 3 amide bonds. The number of carbonyl (C=O) groups excluding carboxylic acids is 3. The van der Waals surface area contributed by atoms with Crippen molar-refractivity contribution in [1.29, 1.82) is 0 Å². The Kier molecular flexibility index (Phi) is 11.4. The lowest BCUT2D eigenvalue weighted by Gasteiger charge is -2.41. The molecule has 0 saturated carbocycles. The highest BCUT2D eigenvalue weighted by molar-refractivity contribution is 5.90. The molecule has 2 aliphatic heterocycles. The number of nitrogens with one attached hydrogen (secondary N) is 2. The number of amides is 3. The van der Waals surface area contributed by atoms with Gasteiger partial charge in [-0.25, -0.2) is 0 Å². The molecule has 212 valence electrons. The Morgan fingerprint density at radius 2 is 1.65 bits per heavy atom. The van der Waals surface area contributed by atoms with Crippen LogP contribution < -0.4 is 10.6 Å². The van der Waals surface area contributed by atoms with Crippen molar-refractivity contribution in [3.05, 3.63) is 0 Å². The summed E-state index contributed by atoms with van der Waals surface area (Å²) < 4.78 is 0. The van der Waals surface area contributed by atoms with E-state index in [0.717, 1.165) is 38.8 Å². The molecule has 37 heavy (non-hydrogen) atoms. The highest BCUT2D eigenvalue weighted by atomic mass is 16.4. The van der Waals surface area contributed by atoms with Gasteiger partial charge in [-0.1, -0.05) is 41.0 Å². The Hall–Kier alpha value is -2.20. The number of nitrogens with zero attached hydrogens (tertiary/aromatic N) is 3. The second kappa shape index (κ2) is 13.6. The third-order valence-electron chi connectivity index (χ3n) is 7.81. The Balaban J connectivity index is 2.12. The number of hydrogen-bond acceptors (Lipinski definition) is 6. The topological polar surface area (TPSA) is 122 Å². The molecule has 4 atom stereocenters. The zero-order valence-corrected chi connectivity index (χ0v) is 23.9. The largest absolute Gasteiger partial charge is 0.481 e. The monoisotopic (exact) mass is 523 g/mol. The van der Waals surface area contributed by atoms with Gasteiger partial charge in [0.05, 0.1) is 18.5 Å². The number of hydrogen-bond donors (Lipinski definition) is 3. The Morgan fingerprint density at radius 3 is 2.22 bits per heavy atom. The number of aliphatic carboxylic acids is 1. The molecule has 2 saturated heterocycles. The van der Waals surface area contributed by atoms with Gasteiger partial charge in [0.1, 0.15) is 6.04 Å². The Morgan fingerprint density at radius 1 is 1.00 bits per heavy atom. The van der Waals surface area contributed by atoms with Crippen molar-refractivity contribution in [3.8, 4) is 0 Å². The molecular formula is C27H49N5O5. The summed E-state index contributed by atoms with van der Waals surface area (Å²) in [5.74, 6) is -1.20. The summed E-state index contributed by atoms with van der Waals surface area (Å²) in [6.45, 7) is 12.3. The summed E-state index contributed by atoms with van der Waals surface area (Å²) in [7, 11) is 3.76. The molecular weight excluding hydrogens is 474 g/mol. The number of piperidine rings is 1. The number of carboxylic acids is 1. The van der Waals surface area contributed by atoms with E-state index in [9.17, 15) is 19.2 Å². The van der Waals surface area contributed by atoms with E-state index < -0.39 is 17.4 Å². The summed E-state index contributed by atoms with van der Waals surface area (Å²) in [5, 5.41) is 14.7. The van der Waals surface area contributed by atoms with E-state index in [-0.39, 0.29) is 54.7 Å². The summed E-state index contributed by atoms with van der Waals surface area (Å²) >= 11 is 0. The number of rotatable bonds is 11. The summed E-state index contributed by atoms with van der Waals surface area (Å²) in [6, 6.07) is -1.38. The van der Waals surface area contributed by atoms with Crippen LogP contribution in [0.15, 0.2) is 0 Å². The Bertz CT molecular complexity index is 811. The predicted molar refractivity (Wildman–Crippen MR) is 143 cm³/mol. The number of likely N-dealkylation sites (N-methyl/N-ethyl adjacent to an activating group) is 2. The fourth-order valence-corrected chi connectivity index (χ4v) is 5.43. The number of likely N-dealkylation sites (tertiary alicyclic amines) is 2. The van der Waals surface area contributed by atoms with Crippen LogP contribution in [0.4, 0.5) is 0 Å². The number of carboxylic acid groups (broad SMARTS) is 1. The first-order valence-electron chi connectivity index (χ1n) is 13.7. The molecule has 2 heterocycles. The van der Waals surface area contributed by atoms with Crippen LogP contribution in [0.2, 0.25) is 0 Å². The third-order valence-corrected chi connectivity index (χ3v) is 7.81. The highest BCUT2D eigenvalue weighted by Crippen LogP contribution is 2.26. The minimum atomic E-state index is -0.945. The molecule has 2 rings (SSSR count). The van der Waals surface area contributed by atoms with Crippen LogP contribution in [0.5, 0.6) is 0 Å². The van der Waals surface area contributed by atoms with Crippen LogP contribution in [0, 0.1) is 11.3 Å². The van der Waals surface area contributed by atoms with Crippen molar-refractivity contribution in [3.63, 3.8) is 0 Å². The maximum Gasteiger partial charge on any atom is 0.305 e. The maximum absolute atomic E-state index is 13.9. The van der Waals surface area contributed by atoms with Crippen molar-refractivity contribution in [1.82, 2.24) is 25.3 Å². The van der Waals surface area contributed by atoms with Crippen LogP contribution in [0.3, 0.4) is 0 Å². The Labute approximate surface area is 222 Å². The van der Waals surface area contributed by atoms with Crippen molar-refractivity contribution in [2.75, 3.05) is 40.3 Å². The summed E-state index contributed by atoms with van der Waals surface area (Å²) in [4.78, 5) is 56.6. The van der Waals surface area contributed by atoms with Gasteiger partial charge in [-0.05, 0) is 57.2 Å². The lowest BCUT2D eigenvalue weighted by atomic mass is 9.84. The van der Waals surface area contributed by atoms with Gasteiger partial charge in [-0.15, -0.1) is 0 Å². The van der Waals surface area contributed by atoms with E-state index >= 15 is 0 Å². The zero-order chi connectivity index (χ0) is 27.9. The smallest absolute Gasteiger partial charge is 0.305 e. The molecule has 2 aliphatic rings. The average molecular weight is 524 g/mol. The predicted octanol–water partition coefficient (Wildman–Crippen LogP) is 1.54. The van der Waals surface area contributed by atoms with Gasteiger partial charge in [0.15, 0.2) is 0 Å². The molecule has 1 unspecified atom stereocenters. The molecule has 0 radical (unpaired) electrons. The second-order valence-corrected chi connectivity index (χ2v) is 12.1. The average Bonchev–Trinajstić information content (AvgIpc) is 3.27. The summed E-state index contributed by atoms with van der Waals surface area (Å²) in [5.41, 5.74) is -0.476. The first-order chi connectivity index (χ1) is 17.2. The van der Waals surface area contributed by atoms with E-state index in [4.69, 9.17) is 5.11 Å². The first-order valence-corrected chi connectivity index (χ1v) is 13.7. The molecule has 2 fully saturated rings. The van der Waals surface area contributed by atoms with Gasteiger partial charge in [-0.2, -0.15) is 0 Å². The molecule has 0 bridgehead atoms. The SMILES string of the molecule is CC(C)[C@@H](CN1CCC[C@H]1C(=O)NCCC(=O)O)N(C)C(=O)[C@@H](NC(=O)C1CCCCN1C)C(C)(C)C. The number of carbonyl (C=O) groups is 4. The molecule has 0 aromatic heterocycles. The van der Waals surface area contributed by atoms with Crippen molar-refractivity contribution in [2.45, 2.75) is 97.3 Å². The van der Waals surface area contributed by atoms with Gasteiger partial charge in [0.25, 0.3) is 0 Å². The van der Waals surface area contributed by atoms with E-state index in [1.807, 2.05) is 27.8 Å². The van der Waals surface area contributed by atoms with Gasteiger partial charge in [-0.3, -0.25) is 29.0 Å². The normalized spacial score (nSPS) is 22.9. The molecule has 10 heteroatoms. The van der Waals surface area contributed by atoms with E-state index in [0.29, 0.717) is 13.0 Å². The first kappa shape index (κ1) is 31.0. The quantitative estimate of drug-likeness (QED) is 0.375. The molecule has 0 spiro atoms. The third kappa shape index (κ3) is 8.67. The summed E-state index contributed by atoms with van der Waals surface area (Å²) in [6.07, 6.45) is 4.35. The fourth-order valence-electron chi connectivity index (χ4n) is 5.43. The van der Waals surface area contributed by atoms with Crippen LogP contribution in [-0.2, 0) is 19.2 Å². The minimum absolute atomic E-state index is 0.0948. The molecule has 0 aromatic carbocycles. The van der Waals surface area contributed by atoms with Crippen molar-refractivity contribution < 1.29 is 24.3 Å². The minimum Gasteiger partial charge on any atom is -0.481 e. The second-order valence-electron chi connectivity index (χ2n) is 12.1. The van der Waals surface area contributed by atoms with Crippen molar-refractivity contribution >= 4 is 23.7 Å². The lowest BCUT2D eigenvalue weighted by molar-refractivity contribution is -0.142. The lowest BCUT2D eigenvalue weighted by Crippen LogP contribution is -2.61. The van der Waals surface area contributed by atoms with Crippen LogP contribution in [-0.4, -0.2) is 108 Å². The van der Waals surface area contributed by atoms with Gasteiger partial charge >= 0.3 is 5.97 Å². The van der Waals surface area contributed by atoms with Crippen molar-refractivity contribution in [2.24, 2.45) is 11.3 Å². The molecule has 0 aliphatic carbocycles. The van der Waals surface area contributed by atoms with Gasteiger partial charge in [0.2, 0.25) is 17.7 Å².